The van der Waals surface area contributed by atoms with Crippen molar-refractivity contribution in [3.05, 3.63) is 29.3 Å². The molecule has 5 nitrogen and oxygen atoms in total. The molecule has 0 aliphatic carbocycles. The van der Waals surface area contributed by atoms with Crippen LogP contribution < -0.4 is 5.32 Å². The summed E-state index contributed by atoms with van der Waals surface area (Å²) in [5.41, 5.74) is 3.34. The Bertz CT molecular complexity index is 462. The molecular formula is C17H27NO4. The van der Waals surface area contributed by atoms with Gasteiger partial charge in [0.25, 0.3) is 0 Å². The molecule has 0 saturated carbocycles. The van der Waals surface area contributed by atoms with Gasteiger partial charge in [-0.05, 0) is 31.4 Å². The normalized spacial score (nSPS) is 12.0. The van der Waals surface area contributed by atoms with Crippen LogP contribution in [0.3, 0.4) is 0 Å². The molecule has 0 aromatic heterocycles. The van der Waals surface area contributed by atoms with Gasteiger partial charge in [0.05, 0.1) is 19.8 Å². The van der Waals surface area contributed by atoms with E-state index < -0.39 is 6.04 Å². The third-order valence-corrected chi connectivity index (χ3v) is 3.36. The van der Waals surface area contributed by atoms with Gasteiger partial charge >= 0.3 is 5.97 Å². The highest BCUT2D eigenvalue weighted by atomic mass is 16.6. The molecule has 1 aromatic rings. The maximum atomic E-state index is 12.0. The molecule has 0 bridgehead atoms. The Morgan fingerprint density at radius 1 is 1.23 bits per heavy atom. The predicted octanol–water partition coefficient (Wildman–Crippen LogP) is 2.56. The topological polar surface area (TPSA) is 56.8 Å². The van der Waals surface area contributed by atoms with Gasteiger partial charge in [-0.15, -0.1) is 0 Å². The number of ether oxygens (including phenoxy) is 3. The smallest absolute Gasteiger partial charge is 0.328 e. The van der Waals surface area contributed by atoms with Crippen LogP contribution >= 0.6 is 0 Å². The zero-order valence-corrected chi connectivity index (χ0v) is 14.0. The van der Waals surface area contributed by atoms with E-state index in [1.807, 2.05) is 19.1 Å². The van der Waals surface area contributed by atoms with Crippen molar-refractivity contribution in [1.82, 2.24) is 0 Å². The zero-order chi connectivity index (χ0) is 16.4. The molecule has 1 N–H and O–H groups in total. The van der Waals surface area contributed by atoms with E-state index in [0.717, 1.165) is 17.7 Å². The summed E-state index contributed by atoms with van der Waals surface area (Å²) in [6, 6.07) is 5.73. The van der Waals surface area contributed by atoms with Crippen LogP contribution in [0.2, 0.25) is 0 Å². The van der Waals surface area contributed by atoms with Gasteiger partial charge in [0.15, 0.2) is 0 Å². The van der Waals surface area contributed by atoms with E-state index in [-0.39, 0.29) is 12.6 Å². The SMILES string of the molecule is CCc1cccc(C)c1NC(C)C(=O)OCCOCCOC. The Labute approximate surface area is 132 Å². The van der Waals surface area contributed by atoms with Crippen LogP contribution in [0.25, 0.3) is 0 Å². The molecule has 0 saturated heterocycles. The minimum Gasteiger partial charge on any atom is -0.462 e. The van der Waals surface area contributed by atoms with Crippen LogP contribution in [-0.4, -0.2) is 45.5 Å². The average molecular weight is 309 g/mol. The molecule has 0 heterocycles. The summed E-state index contributed by atoms with van der Waals surface area (Å²) in [7, 11) is 1.62. The predicted molar refractivity (Wildman–Crippen MR) is 87.3 cm³/mol. The summed E-state index contributed by atoms with van der Waals surface area (Å²) < 4.78 is 15.3. The molecule has 22 heavy (non-hydrogen) atoms. The molecule has 1 atom stereocenters. The summed E-state index contributed by atoms with van der Waals surface area (Å²) in [4.78, 5) is 12.0. The number of carbonyl (C=O) groups excluding carboxylic acids is 1. The van der Waals surface area contributed by atoms with E-state index >= 15 is 0 Å². The van der Waals surface area contributed by atoms with E-state index in [2.05, 4.69) is 18.3 Å². The highest BCUT2D eigenvalue weighted by Crippen LogP contribution is 2.22. The first-order valence-corrected chi connectivity index (χ1v) is 7.68. The number of nitrogens with one attached hydrogen (secondary N) is 1. The Morgan fingerprint density at radius 3 is 2.64 bits per heavy atom. The van der Waals surface area contributed by atoms with Crippen molar-refractivity contribution in [2.45, 2.75) is 33.2 Å². The fourth-order valence-corrected chi connectivity index (χ4v) is 2.08. The van der Waals surface area contributed by atoms with Crippen molar-refractivity contribution in [3.63, 3.8) is 0 Å². The number of esters is 1. The Morgan fingerprint density at radius 2 is 1.95 bits per heavy atom. The Kier molecular flexibility index (Phi) is 8.55. The third-order valence-electron chi connectivity index (χ3n) is 3.36. The largest absolute Gasteiger partial charge is 0.462 e. The molecule has 0 fully saturated rings. The molecule has 0 radical (unpaired) electrons. The number of hydrogen-bond acceptors (Lipinski definition) is 5. The van der Waals surface area contributed by atoms with Crippen LogP contribution in [-0.2, 0) is 25.4 Å². The minimum atomic E-state index is -0.398. The van der Waals surface area contributed by atoms with Crippen LogP contribution in [0.5, 0.6) is 0 Å². The van der Waals surface area contributed by atoms with Crippen LogP contribution in [0.1, 0.15) is 25.0 Å². The standard InChI is InChI=1S/C17H27NO4/c1-5-15-8-6-7-13(2)16(15)18-14(3)17(19)22-12-11-21-10-9-20-4/h6-8,14,18H,5,9-12H2,1-4H3. The highest BCUT2D eigenvalue weighted by Gasteiger charge is 2.16. The lowest BCUT2D eigenvalue weighted by Crippen LogP contribution is -2.30. The van der Waals surface area contributed by atoms with E-state index in [1.165, 1.54) is 5.56 Å². The number of rotatable bonds is 10. The first kappa shape index (κ1) is 18.5. The van der Waals surface area contributed by atoms with Gasteiger partial charge in [-0.25, -0.2) is 4.79 Å². The van der Waals surface area contributed by atoms with Crippen LogP contribution in [0.15, 0.2) is 18.2 Å². The van der Waals surface area contributed by atoms with Gasteiger partial charge in [-0.3, -0.25) is 0 Å². The van der Waals surface area contributed by atoms with Crippen molar-refractivity contribution >= 4 is 11.7 Å². The maximum Gasteiger partial charge on any atom is 0.328 e. The minimum absolute atomic E-state index is 0.253. The lowest BCUT2D eigenvalue weighted by atomic mass is 10.1. The summed E-state index contributed by atoms with van der Waals surface area (Å²) in [6.07, 6.45) is 0.916. The Balaban J connectivity index is 2.41. The number of para-hydroxylation sites is 1. The number of hydrogen-bond donors (Lipinski definition) is 1. The lowest BCUT2D eigenvalue weighted by molar-refractivity contribution is -0.145. The quantitative estimate of drug-likeness (QED) is 0.532. The number of methoxy groups -OCH3 is 1. The molecule has 0 amide bonds. The monoisotopic (exact) mass is 309 g/mol. The van der Waals surface area contributed by atoms with Crippen molar-refractivity contribution in [2.75, 3.05) is 38.9 Å². The molecule has 124 valence electrons. The van der Waals surface area contributed by atoms with Gasteiger partial charge in [-0.2, -0.15) is 0 Å². The summed E-state index contributed by atoms with van der Waals surface area (Å²) in [5, 5.41) is 3.26. The van der Waals surface area contributed by atoms with Crippen molar-refractivity contribution < 1.29 is 19.0 Å². The van der Waals surface area contributed by atoms with Crippen molar-refractivity contribution in [2.24, 2.45) is 0 Å². The second-order valence-electron chi connectivity index (χ2n) is 5.10. The van der Waals surface area contributed by atoms with E-state index in [9.17, 15) is 4.79 Å². The summed E-state index contributed by atoms with van der Waals surface area (Å²) in [5.74, 6) is -0.277. The van der Waals surface area contributed by atoms with Crippen molar-refractivity contribution in [3.8, 4) is 0 Å². The molecule has 0 aliphatic heterocycles. The average Bonchev–Trinajstić information content (AvgIpc) is 2.52. The molecule has 1 rings (SSSR count). The summed E-state index contributed by atoms with van der Waals surface area (Å²) in [6.45, 7) is 7.61. The first-order valence-electron chi connectivity index (χ1n) is 7.68. The van der Waals surface area contributed by atoms with E-state index in [4.69, 9.17) is 14.2 Å². The lowest BCUT2D eigenvalue weighted by Gasteiger charge is -2.19. The maximum absolute atomic E-state index is 12.0. The van der Waals surface area contributed by atoms with Crippen molar-refractivity contribution in [1.29, 1.82) is 0 Å². The number of aryl methyl sites for hydroxylation is 2. The molecule has 5 heteroatoms. The zero-order valence-electron chi connectivity index (χ0n) is 14.0. The van der Waals surface area contributed by atoms with Crippen LogP contribution in [0, 0.1) is 6.92 Å². The summed E-state index contributed by atoms with van der Waals surface area (Å²) >= 11 is 0. The van der Waals surface area contributed by atoms with Gasteiger partial charge in [-0.1, -0.05) is 25.1 Å². The molecular weight excluding hydrogens is 282 g/mol. The van der Waals surface area contributed by atoms with E-state index in [0.29, 0.717) is 19.8 Å². The fraction of sp³-hybridized carbons (Fsp3) is 0.588. The number of benzene rings is 1. The molecule has 0 spiro atoms. The van der Waals surface area contributed by atoms with Gasteiger partial charge < -0.3 is 19.5 Å². The molecule has 1 aromatic carbocycles. The highest BCUT2D eigenvalue weighted by molar-refractivity contribution is 5.79. The molecule has 1 unspecified atom stereocenters. The second-order valence-corrected chi connectivity index (χ2v) is 5.10. The first-order chi connectivity index (χ1) is 10.6. The van der Waals surface area contributed by atoms with Gasteiger partial charge in [0, 0.05) is 12.8 Å². The van der Waals surface area contributed by atoms with Gasteiger partial charge in [0.2, 0.25) is 0 Å². The van der Waals surface area contributed by atoms with E-state index in [1.54, 1.807) is 14.0 Å². The third kappa shape index (κ3) is 6.03. The Hall–Kier alpha value is -1.59. The number of anilines is 1. The fourth-order valence-electron chi connectivity index (χ4n) is 2.08. The molecule has 0 aliphatic rings. The van der Waals surface area contributed by atoms with Gasteiger partial charge in [0.1, 0.15) is 12.6 Å². The van der Waals surface area contributed by atoms with Crippen LogP contribution in [0.4, 0.5) is 5.69 Å². The number of carbonyl (C=O) groups is 1. The second kappa shape index (κ2) is 10.2.